The van der Waals surface area contributed by atoms with E-state index >= 15 is 0 Å². The summed E-state index contributed by atoms with van der Waals surface area (Å²) in [6.07, 6.45) is 4.33. The third-order valence-electron chi connectivity index (χ3n) is 5.60. The highest BCUT2D eigenvalue weighted by atomic mass is 32.2. The number of nitrogens with two attached hydrogens (primary N) is 1. The molecular formula is C25H34N4O3S. The fraction of sp³-hybridized carbons (Fsp3) is 0.440. The molecule has 2 aromatic rings. The zero-order chi connectivity index (χ0) is 24.4. The molecule has 1 amide bonds. The first-order chi connectivity index (χ1) is 15.7. The van der Waals surface area contributed by atoms with Crippen molar-refractivity contribution in [2.75, 3.05) is 14.1 Å². The van der Waals surface area contributed by atoms with Gasteiger partial charge < -0.3 is 11.1 Å². The molecule has 33 heavy (non-hydrogen) atoms. The second-order valence-corrected chi connectivity index (χ2v) is 10.5. The van der Waals surface area contributed by atoms with Crippen molar-refractivity contribution in [3.8, 4) is 17.2 Å². The van der Waals surface area contributed by atoms with E-state index in [-0.39, 0.29) is 16.8 Å². The average Bonchev–Trinajstić information content (AvgIpc) is 2.81. The van der Waals surface area contributed by atoms with Crippen LogP contribution in [0.1, 0.15) is 44.6 Å². The predicted octanol–water partition coefficient (Wildman–Crippen LogP) is 3.45. The first-order valence-corrected chi connectivity index (χ1v) is 12.7. The topological polar surface area (TPSA) is 116 Å². The van der Waals surface area contributed by atoms with Crippen LogP contribution in [0.15, 0.2) is 53.4 Å². The molecule has 0 fully saturated rings. The summed E-state index contributed by atoms with van der Waals surface area (Å²) < 4.78 is 25.6. The summed E-state index contributed by atoms with van der Waals surface area (Å²) >= 11 is 0. The Balaban J connectivity index is 1.92. The molecular weight excluding hydrogens is 436 g/mol. The standard InChI is InChI=1S/C25H34N4O3S/c1-4-22(27)7-5-6-8-25(30)28-23(18-26)17-19-9-11-20(12-10-19)21-13-15-24(16-14-21)33(31,32)29(2)3/h9-16,22-23H,4-8,17,27H2,1-3H3,(H,28,30)/t22-,23?/m0/s1. The van der Waals surface area contributed by atoms with Crippen LogP contribution in [0.25, 0.3) is 11.1 Å². The third-order valence-corrected chi connectivity index (χ3v) is 7.43. The van der Waals surface area contributed by atoms with Crippen molar-refractivity contribution in [1.29, 1.82) is 5.26 Å². The van der Waals surface area contributed by atoms with Crippen LogP contribution in [-0.2, 0) is 21.2 Å². The van der Waals surface area contributed by atoms with Crippen LogP contribution in [-0.4, -0.2) is 44.8 Å². The van der Waals surface area contributed by atoms with Crippen LogP contribution in [0.2, 0.25) is 0 Å². The third kappa shape index (κ3) is 7.97. The first-order valence-electron chi connectivity index (χ1n) is 11.2. The van der Waals surface area contributed by atoms with E-state index in [1.807, 2.05) is 24.3 Å². The molecule has 0 heterocycles. The number of hydrogen-bond acceptors (Lipinski definition) is 5. The van der Waals surface area contributed by atoms with Crippen molar-refractivity contribution in [3.05, 3.63) is 54.1 Å². The van der Waals surface area contributed by atoms with Gasteiger partial charge in [0.15, 0.2) is 0 Å². The number of amides is 1. The predicted molar refractivity (Wildman–Crippen MR) is 131 cm³/mol. The van der Waals surface area contributed by atoms with Gasteiger partial charge in [-0.1, -0.05) is 49.7 Å². The van der Waals surface area contributed by atoms with Gasteiger partial charge in [-0.05, 0) is 48.1 Å². The fourth-order valence-electron chi connectivity index (χ4n) is 3.39. The van der Waals surface area contributed by atoms with Crippen LogP contribution >= 0.6 is 0 Å². The van der Waals surface area contributed by atoms with Crippen LogP contribution < -0.4 is 11.1 Å². The van der Waals surface area contributed by atoms with Gasteiger partial charge in [-0.15, -0.1) is 0 Å². The van der Waals surface area contributed by atoms with E-state index in [4.69, 9.17) is 5.73 Å². The van der Waals surface area contributed by atoms with E-state index in [1.165, 1.54) is 18.4 Å². The van der Waals surface area contributed by atoms with Crippen LogP contribution in [0.5, 0.6) is 0 Å². The maximum absolute atomic E-state index is 12.2. The molecule has 0 saturated heterocycles. The molecule has 0 saturated carbocycles. The second kappa shape index (κ2) is 12.5. The maximum Gasteiger partial charge on any atom is 0.242 e. The summed E-state index contributed by atoms with van der Waals surface area (Å²) in [6.45, 7) is 2.05. The number of hydrogen-bond donors (Lipinski definition) is 2. The lowest BCUT2D eigenvalue weighted by atomic mass is 10.0. The molecule has 7 nitrogen and oxygen atoms in total. The number of nitrogens with zero attached hydrogens (tertiary/aromatic N) is 2. The number of sulfonamides is 1. The minimum absolute atomic E-state index is 0.115. The summed E-state index contributed by atoms with van der Waals surface area (Å²) in [7, 11) is -0.455. The van der Waals surface area contributed by atoms with Crippen molar-refractivity contribution in [2.24, 2.45) is 5.73 Å². The first kappa shape index (κ1) is 26.5. The number of unbranched alkanes of at least 4 members (excludes halogenated alkanes) is 1. The molecule has 0 aliphatic rings. The minimum atomic E-state index is -3.46. The van der Waals surface area contributed by atoms with Gasteiger partial charge in [0.2, 0.25) is 15.9 Å². The Morgan fingerprint density at radius 2 is 1.64 bits per heavy atom. The minimum Gasteiger partial charge on any atom is -0.340 e. The normalized spacial score (nSPS) is 13.3. The Kier molecular flexibility index (Phi) is 10.0. The Morgan fingerprint density at radius 3 is 2.15 bits per heavy atom. The summed E-state index contributed by atoms with van der Waals surface area (Å²) in [5.41, 5.74) is 8.66. The molecule has 3 N–H and O–H groups in total. The van der Waals surface area contributed by atoms with Crippen molar-refractivity contribution in [3.63, 3.8) is 0 Å². The van der Waals surface area contributed by atoms with Gasteiger partial charge >= 0.3 is 0 Å². The van der Waals surface area contributed by atoms with E-state index in [0.717, 1.165) is 42.4 Å². The molecule has 2 rings (SSSR count). The van der Waals surface area contributed by atoms with E-state index in [1.54, 1.807) is 24.3 Å². The smallest absolute Gasteiger partial charge is 0.242 e. The summed E-state index contributed by atoms with van der Waals surface area (Å²) in [6, 6.07) is 16.2. The van der Waals surface area contributed by atoms with Gasteiger partial charge in [0, 0.05) is 33.0 Å². The highest BCUT2D eigenvalue weighted by molar-refractivity contribution is 7.89. The monoisotopic (exact) mass is 470 g/mol. The lowest BCUT2D eigenvalue weighted by molar-refractivity contribution is -0.121. The number of rotatable bonds is 12. The molecule has 0 bridgehead atoms. The molecule has 8 heteroatoms. The van der Waals surface area contributed by atoms with Crippen molar-refractivity contribution < 1.29 is 13.2 Å². The number of nitriles is 1. The summed E-state index contributed by atoms with van der Waals surface area (Å²) in [4.78, 5) is 12.4. The lowest BCUT2D eigenvalue weighted by Gasteiger charge is -2.13. The van der Waals surface area contributed by atoms with Crippen LogP contribution in [0.4, 0.5) is 0 Å². The average molecular weight is 471 g/mol. The number of nitrogens with one attached hydrogen (secondary N) is 1. The van der Waals surface area contributed by atoms with Gasteiger partial charge in [0.1, 0.15) is 6.04 Å². The number of benzene rings is 2. The zero-order valence-corrected chi connectivity index (χ0v) is 20.4. The fourth-order valence-corrected chi connectivity index (χ4v) is 4.29. The van der Waals surface area contributed by atoms with E-state index in [9.17, 15) is 18.5 Å². The van der Waals surface area contributed by atoms with Crippen LogP contribution in [0, 0.1) is 11.3 Å². The SMILES string of the molecule is CC[C@H](N)CCCCC(=O)NC(C#N)Cc1ccc(-c2ccc(S(=O)(=O)N(C)C)cc2)cc1. The van der Waals surface area contributed by atoms with Gasteiger partial charge in [-0.2, -0.15) is 5.26 Å². The van der Waals surface area contributed by atoms with Crippen LogP contribution in [0.3, 0.4) is 0 Å². The molecule has 2 aromatic carbocycles. The van der Waals surface area contributed by atoms with Crippen molar-refractivity contribution >= 4 is 15.9 Å². The molecule has 0 radical (unpaired) electrons. The van der Waals surface area contributed by atoms with Crippen molar-refractivity contribution in [1.82, 2.24) is 9.62 Å². The number of carbonyl (C=O) groups is 1. The Bertz CT molecular complexity index is 1040. The molecule has 0 aliphatic carbocycles. The Hall–Kier alpha value is -2.73. The van der Waals surface area contributed by atoms with Gasteiger partial charge in [0.25, 0.3) is 0 Å². The highest BCUT2D eigenvalue weighted by Gasteiger charge is 2.17. The molecule has 178 valence electrons. The molecule has 0 aromatic heterocycles. The zero-order valence-electron chi connectivity index (χ0n) is 19.6. The Labute approximate surface area is 197 Å². The molecule has 2 atom stereocenters. The molecule has 0 spiro atoms. The quantitative estimate of drug-likeness (QED) is 0.461. The Morgan fingerprint density at radius 1 is 1.06 bits per heavy atom. The maximum atomic E-state index is 12.2. The molecule has 1 unspecified atom stereocenters. The number of carbonyl (C=O) groups excluding carboxylic acids is 1. The van der Waals surface area contributed by atoms with E-state index in [2.05, 4.69) is 18.3 Å². The van der Waals surface area contributed by atoms with Gasteiger partial charge in [0.05, 0.1) is 11.0 Å². The van der Waals surface area contributed by atoms with E-state index in [0.29, 0.717) is 12.8 Å². The van der Waals surface area contributed by atoms with E-state index < -0.39 is 16.1 Å². The van der Waals surface area contributed by atoms with Gasteiger partial charge in [-0.3, -0.25) is 4.79 Å². The summed E-state index contributed by atoms with van der Waals surface area (Å²) in [5, 5.41) is 12.2. The highest BCUT2D eigenvalue weighted by Crippen LogP contribution is 2.23. The van der Waals surface area contributed by atoms with Gasteiger partial charge in [-0.25, -0.2) is 12.7 Å². The molecule has 0 aliphatic heterocycles. The largest absolute Gasteiger partial charge is 0.340 e. The van der Waals surface area contributed by atoms with Crippen molar-refractivity contribution in [2.45, 2.75) is 62.4 Å². The lowest BCUT2D eigenvalue weighted by Crippen LogP contribution is -2.35. The summed E-state index contributed by atoms with van der Waals surface area (Å²) in [5.74, 6) is -0.115. The second-order valence-electron chi connectivity index (χ2n) is 8.38.